The van der Waals surface area contributed by atoms with Crippen molar-refractivity contribution < 1.29 is 8.42 Å². The van der Waals surface area contributed by atoms with Gasteiger partial charge in [0.15, 0.2) is 0 Å². The number of fused-ring (bicyclic) bond motifs is 1. The maximum Gasteiger partial charge on any atom is 0.242 e. The fraction of sp³-hybridized carbons (Fsp3) is 0.143. The molecule has 21 heavy (non-hydrogen) atoms. The van der Waals surface area contributed by atoms with E-state index in [1.807, 2.05) is 22.9 Å². The normalized spacial score (nSPS) is 12.1. The van der Waals surface area contributed by atoms with Crippen LogP contribution in [0.5, 0.6) is 0 Å². The molecule has 6 nitrogen and oxygen atoms in total. The number of hydrogen-bond acceptors (Lipinski definition) is 4. The largest absolute Gasteiger partial charge is 0.291 e. The van der Waals surface area contributed by atoms with Crippen molar-refractivity contribution in [2.24, 2.45) is 0 Å². The quantitative estimate of drug-likeness (QED) is 0.738. The van der Waals surface area contributed by atoms with Crippen molar-refractivity contribution in [2.45, 2.75) is 4.90 Å². The van der Waals surface area contributed by atoms with E-state index in [4.69, 9.17) is 0 Å². The molecule has 0 spiro atoms. The molecule has 108 valence electrons. The topological polar surface area (TPSA) is 67.6 Å². The Labute approximate surface area is 122 Å². The van der Waals surface area contributed by atoms with Gasteiger partial charge in [-0.05, 0) is 18.2 Å². The second-order valence-electron chi connectivity index (χ2n) is 4.76. The summed E-state index contributed by atoms with van der Waals surface area (Å²) in [7, 11) is -0.383. The van der Waals surface area contributed by atoms with Crippen molar-refractivity contribution in [3.05, 3.63) is 48.9 Å². The summed E-state index contributed by atoms with van der Waals surface area (Å²) in [6.07, 6.45) is 5.40. The van der Waals surface area contributed by atoms with E-state index >= 15 is 0 Å². The molecule has 7 heteroatoms. The van der Waals surface area contributed by atoms with E-state index in [9.17, 15) is 8.42 Å². The molecule has 0 aliphatic rings. The van der Waals surface area contributed by atoms with Crippen LogP contribution >= 0.6 is 0 Å². The summed E-state index contributed by atoms with van der Waals surface area (Å²) in [5.41, 5.74) is 1.60. The van der Waals surface area contributed by atoms with E-state index in [0.29, 0.717) is 5.78 Å². The van der Waals surface area contributed by atoms with Gasteiger partial charge in [-0.3, -0.25) is 4.40 Å². The molecule has 0 bridgehead atoms. The standard InChI is InChI=1S/C14H14N4O2S/c1-17(2)21(19,20)12-6-4-11(5-7-12)13-10-18-9-3-8-15-14(18)16-13/h3-10H,1-2H3. The lowest BCUT2D eigenvalue weighted by atomic mass is 10.2. The minimum atomic E-state index is -3.41. The number of sulfonamides is 1. The monoisotopic (exact) mass is 302 g/mol. The third-order valence-electron chi connectivity index (χ3n) is 3.16. The van der Waals surface area contributed by atoms with Gasteiger partial charge in [0.25, 0.3) is 0 Å². The minimum absolute atomic E-state index is 0.262. The molecule has 2 aromatic heterocycles. The molecule has 3 rings (SSSR count). The van der Waals surface area contributed by atoms with Crippen LogP contribution in [0.1, 0.15) is 0 Å². The van der Waals surface area contributed by atoms with E-state index in [2.05, 4.69) is 9.97 Å². The molecule has 0 amide bonds. The summed E-state index contributed by atoms with van der Waals surface area (Å²) in [6.45, 7) is 0. The molecule has 0 aliphatic carbocycles. The minimum Gasteiger partial charge on any atom is -0.291 e. The van der Waals surface area contributed by atoms with Crippen LogP contribution in [-0.2, 0) is 10.0 Å². The average Bonchev–Trinajstić information content (AvgIpc) is 2.91. The molecule has 0 unspecified atom stereocenters. The Hall–Kier alpha value is -2.25. The maximum atomic E-state index is 12.0. The fourth-order valence-electron chi connectivity index (χ4n) is 1.98. The molecule has 0 saturated carbocycles. The predicted octanol–water partition coefficient (Wildman–Crippen LogP) is 1.65. The van der Waals surface area contributed by atoms with Gasteiger partial charge in [0.05, 0.1) is 10.6 Å². The van der Waals surface area contributed by atoms with Crippen LogP contribution in [-0.4, -0.2) is 41.2 Å². The highest BCUT2D eigenvalue weighted by molar-refractivity contribution is 7.89. The summed E-state index contributed by atoms with van der Waals surface area (Å²) in [6, 6.07) is 8.49. The van der Waals surface area contributed by atoms with Crippen LogP contribution in [0.2, 0.25) is 0 Å². The molecule has 0 saturated heterocycles. The number of hydrogen-bond donors (Lipinski definition) is 0. The van der Waals surface area contributed by atoms with Crippen molar-refractivity contribution in [1.82, 2.24) is 18.7 Å². The number of aromatic nitrogens is 3. The van der Waals surface area contributed by atoms with Gasteiger partial charge in [0, 0.05) is 38.2 Å². The average molecular weight is 302 g/mol. The Bertz CT molecular complexity index is 850. The molecule has 0 fully saturated rings. The zero-order chi connectivity index (χ0) is 15.0. The first-order valence-electron chi connectivity index (χ1n) is 6.31. The fourth-order valence-corrected chi connectivity index (χ4v) is 2.88. The van der Waals surface area contributed by atoms with Gasteiger partial charge in [-0.25, -0.2) is 22.7 Å². The van der Waals surface area contributed by atoms with Gasteiger partial charge in [0.1, 0.15) is 0 Å². The van der Waals surface area contributed by atoms with E-state index in [0.717, 1.165) is 11.3 Å². The van der Waals surface area contributed by atoms with Gasteiger partial charge in [-0.2, -0.15) is 0 Å². The first-order valence-corrected chi connectivity index (χ1v) is 7.75. The van der Waals surface area contributed by atoms with Crippen LogP contribution in [0, 0.1) is 0 Å². The van der Waals surface area contributed by atoms with E-state index in [-0.39, 0.29) is 4.90 Å². The van der Waals surface area contributed by atoms with Crippen LogP contribution in [0.15, 0.2) is 53.8 Å². The smallest absolute Gasteiger partial charge is 0.242 e. The number of imidazole rings is 1. The lowest BCUT2D eigenvalue weighted by Crippen LogP contribution is -2.22. The van der Waals surface area contributed by atoms with Crippen molar-refractivity contribution in [3.63, 3.8) is 0 Å². The van der Waals surface area contributed by atoms with Gasteiger partial charge >= 0.3 is 0 Å². The second kappa shape index (κ2) is 4.94. The molecular formula is C14H14N4O2S. The lowest BCUT2D eigenvalue weighted by molar-refractivity contribution is 0.521. The highest BCUT2D eigenvalue weighted by atomic mass is 32.2. The number of benzene rings is 1. The maximum absolute atomic E-state index is 12.0. The highest BCUT2D eigenvalue weighted by Crippen LogP contribution is 2.21. The van der Waals surface area contributed by atoms with Crippen molar-refractivity contribution >= 4 is 15.8 Å². The molecule has 0 N–H and O–H groups in total. The summed E-state index contributed by atoms with van der Waals surface area (Å²) in [5, 5.41) is 0. The molecule has 0 radical (unpaired) electrons. The van der Waals surface area contributed by atoms with Crippen LogP contribution in [0.4, 0.5) is 0 Å². The molecule has 3 aromatic rings. The zero-order valence-corrected chi connectivity index (χ0v) is 12.4. The summed E-state index contributed by atoms with van der Waals surface area (Å²) >= 11 is 0. The molecule has 0 aliphatic heterocycles. The first-order chi connectivity index (χ1) is 9.98. The lowest BCUT2D eigenvalue weighted by Gasteiger charge is -2.11. The first kappa shape index (κ1) is 13.7. The van der Waals surface area contributed by atoms with Crippen LogP contribution in [0.25, 0.3) is 17.0 Å². The zero-order valence-electron chi connectivity index (χ0n) is 11.6. The summed E-state index contributed by atoms with van der Waals surface area (Å²) in [4.78, 5) is 8.82. The highest BCUT2D eigenvalue weighted by Gasteiger charge is 2.17. The van der Waals surface area contributed by atoms with Crippen molar-refractivity contribution in [2.75, 3.05) is 14.1 Å². The Morgan fingerprint density at radius 3 is 2.48 bits per heavy atom. The summed E-state index contributed by atoms with van der Waals surface area (Å²) < 4.78 is 27.0. The van der Waals surface area contributed by atoms with Crippen LogP contribution in [0.3, 0.4) is 0 Å². The Morgan fingerprint density at radius 1 is 1.14 bits per heavy atom. The van der Waals surface area contributed by atoms with Gasteiger partial charge in [-0.1, -0.05) is 12.1 Å². The molecule has 2 heterocycles. The summed E-state index contributed by atoms with van der Waals surface area (Å²) in [5.74, 6) is 0.609. The van der Waals surface area contributed by atoms with Gasteiger partial charge in [-0.15, -0.1) is 0 Å². The van der Waals surface area contributed by atoms with Gasteiger partial charge in [0.2, 0.25) is 15.8 Å². The second-order valence-corrected chi connectivity index (χ2v) is 6.92. The number of nitrogens with zero attached hydrogens (tertiary/aromatic N) is 4. The Balaban J connectivity index is 2.01. The third kappa shape index (κ3) is 2.41. The molecule has 0 atom stereocenters. The van der Waals surface area contributed by atoms with Crippen molar-refractivity contribution in [1.29, 1.82) is 0 Å². The molecular weight excluding hydrogens is 288 g/mol. The van der Waals surface area contributed by atoms with E-state index < -0.39 is 10.0 Å². The van der Waals surface area contributed by atoms with Crippen molar-refractivity contribution in [3.8, 4) is 11.3 Å². The van der Waals surface area contributed by atoms with Crippen LogP contribution < -0.4 is 0 Å². The third-order valence-corrected chi connectivity index (χ3v) is 4.99. The molecule has 1 aromatic carbocycles. The van der Waals surface area contributed by atoms with E-state index in [1.54, 1.807) is 30.5 Å². The Kier molecular flexibility index (Phi) is 3.23. The SMILES string of the molecule is CN(C)S(=O)(=O)c1ccc(-c2cn3cccnc3n2)cc1. The van der Waals surface area contributed by atoms with E-state index in [1.165, 1.54) is 18.4 Å². The Morgan fingerprint density at radius 2 is 1.86 bits per heavy atom. The van der Waals surface area contributed by atoms with Gasteiger partial charge < -0.3 is 0 Å². The number of rotatable bonds is 3. The predicted molar refractivity (Wildman–Crippen MR) is 79.3 cm³/mol.